The zero-order valence-corrected chi connectivity index (χ0v) is 7.73. The summed E-state index contributed by atoms with van der Waals surface area (Å²) in [5, 5.41) is 0. The molecule has 0 radical (unpaired) electrons. The third kappa shape index (κ3) is 2.88. The maximum Gasteiger partial charge on any atom is 0.138 e. The Kier molecular flexibility index (Phi) is 3.05. The molecule has 0 spiro atoms. The van der Waals surface area contributed by atoms with Crippen molar-refractivity contribution in [3.05, 3.63) is 29.8 Å². The van der Waals surface area contributed by atoms with Crippen LogP contribution in [0.15, 0.2) is 24.3 Å². The van der Waals surface area contributed by atoms with E-state index in [1.165, 1.54) is 5.56 Å². The van der Waals surface area contributed by atoms with E-state index in [0.29, 0.717) is 11.6 Å². The number of hydrogen-bond acceptors (Lipinski definition) is 2. The molecule has 1 aromatic carbocycles. The van der Waals surface area contributed by atoms with E-state index in [0.717, 1.165) is 5.75 Å². The normalized spacial score (nSPS) is 9.42. The van der Waals surface area contributed by atoms with Crippen molar-refractivity contribution in [2.45, 2.75) is 6.92 Å². The van der Waals surface area contributed by atoms with Crippen molar-refractivity contribution < 1.29 is 4.74 Å². The first-order valence-corrected chi connectivity index (χ1v) is 4.07. The van der Waals surface area contributed by atoms with Crippen molar-refractivity contribution in [2.75, 3.05) is 6.61 Å². The lowest BCUT2D eigenvalue weighted by Gasteiger charge is -2.03. The Morgan fingerprint density at radius 3 is 2.50 bits per heavy atom. The maximum absolute atomic E-state index is 5.28. The predicted octanol–water partition coefficient (Wildman–Crippen LogP) is 1.66. The fraction of sp³-hybridized carbons (Fsp3) is 0.222. The van der Waals surface area contributed by atoms with E-state index >= 15 is 0 Å². The Bertz CT molecular complexity index is 268. The van der Waals surface area contributed by atoms with Crippen LogP contribution in [-0.4, -0.2) is 11.6 Å². The van der Waals surface area contributed by atoms with Crippen LogP contribution in [0.5, 0.6) is 5.75 Å². The highest BCUT2D eigenvalue weighted by atomic mass is 32.1. The van der Waals surface area contributed by atoms with Crippen LogP contribution >= 0.6 is 12.2 Å². The van der Waals surface area contributed by atoms with Gasteiger partial charge in [0.25, 0.3) is 0 Å². The van der Waals surface area contributed by atoms with Gasteiger partial charge in [0.1, 0.15) is 17.3 Å². The van der Waals surface area contributed by atoms with Crippen molar-refractivity contribution in [3.8, 4) is 5.75 Å². The second kappa shape index (κ2) is 4.07. The van der Waals surface area contributed by atoms with Crippen LogP contribution in [-0.2, 0) is 0 Å². The zero-order valence-electron chi connectivity index (χ0n) is 6.91. The molecular formula is C9H11NOS. The fourth-order valence-electron chi connectivity index (χ4n) is 0.789. The molecule has 3 heteroatoms. The number of benzene rings is 1. The Hall–Kier alpha value is -1.09. The summed E-state index contributed by atoms with van der Waals surface area (Å²) >= 11 is 4.67. The fourth-order valence-corrected chi connectivity index (χ4v) is 0.848. The molecule has 0 aliphatic carbocycles. The molecule has 64 valence electrons. The molecule has 1 aromatic rings. The summed E-state index contributed by atoms with van der Waals surface area (Å²) in [6.07, 6.45) is 0. The molecule has 2 N–H and O–H groups in total. The Balaban J connectivity index is 2.53. The van der Waals surface area contributed by atoms with Crippen molar-refractivity contribution in [1.29, 1.82) is 0 Å². The summed E-state index contributed by atoms with van der Waals surface area (Å²) in [6.45, 7) is 2.33. The minimum atomic E-state index is 0.304. The van der Waals surface area contributed by atoms with Crippen LogP contribution in [0.25, 0.3) is 0 Å². The summed E-state index contributed by atoms with van der Waals surface area (Å²) in [7, 11) is 0. The van der Waals surface area contributed by atoms with Gasteiger partial charge in [0.2, 0.25) is 0 Å². The van der Waals surface area contributed by atoms with Crippen LogP contribution in [0.2, 0.25) is 0 Å². The minimum Gasteiger partial charge on any atom is -0.487 e. The molecule has 0 aliphatic rings. The topological polar surface area (TPSA) is 35.2 Å². The van der Waals surface area contributed by atoms with E-state index in [9.17, 15) is 0 Å². The number of ether oxygens (including phenoxy) is 1. The highest BCUT2D eigenvalue weighted by molar-refractivity contribution is 7.80. The molecule has 0 amide bonds. The van der Waals surface area contributed by atoms with Gasteiger partial charge in [-0.15, -0.1) is 0 Å². The lowest BCUT2D eigenvalue weighted by molar-refractivity contribution is 0.377. The van der Waals surface area contributed by atoms with E-state index in [-0.39, 0.29) is 0 Å². The molecule has 12 heavy (non-hydrogen) atoms. The van der Waals surface area contributed by atoms with Crippen LogP contribution in [0.1, 0.15) is 5.56 Å². The largest absolute Gasteiger partial charge is 0.487 e. The lowest BCUT2D eigenvalue weighted by atomic mass is 10.2. The Morgan fingerprint density at radius 2 is 2.00 bits per heavy atom. The van der Waals surface area contributed by atoms with Gasteiger partial charge in [0.15, 0.2) is 0 Å². The molecule has 0 atom stereocenters. The van der Waals surface area contributed by atoms with E-state index in [4.69, 9.17) is 10.5 Å². The van der Waals surface area contributed by atoms with E-state index in [2.05, 4.69) is 12.2 Å². The summed E-state index contributed by atoms with van der Waals surface area (Å²) in [6, 6.07) is 7.75. The molecular weight excluding hydrogens is 170 g/mol. The number of nitrogens with two attached hydrogens (primary N) is 1. The molecule has 0 aromatic heterocycles. The average molecular weight is 181 g/mol. The first-order valence-electron chi connectivity index (χ1n) is 3.66. The molecule has 2 nitrogen and oxygen atoms in total. The third-order valence-corrected chi connectivity index (χ3v) is 1.52. The first kappa shape index (κ1) is 9.00. The highest BCUT2D eigenvalue weighted by Gasteiger charge is 1.93. The summed E-state index contributed by atoms with van der Waals surface area (Å²) in [5.41, 5.74) is 6.48. The first-order chi connectivity index (χ1) is 5.68. The van der Waals surface area contributed by atoms with Crippen LogP contribution < -0.4 is 10.5 Å². The smallest absolute Gasteiger partial charge is 0.138 e. The monoisotopic (exact) mass is 181 g/mol. The van der Waals surface area contributed by atoms with Crippen LogP contribution in [0.4, 0.5) is 0 Å². The minimum absolute atomic E-state index is 0.304. The molecule has 0 saturated heterocycles. The van der Waals surface area contributed by atoms with Gasteiger partial charge in [-0.1, -0.05) is 29.9 Å². The summed E-state index contributed by atoms with van der Waals surface area (Å²) < 4.78 is 5.26. The Labute approximate surface area is 77.3 Å². The molecule has 0 bridgehead atoms. The molecule has 0 unspecified atom stereocenters. The van der Waals surface area contributed by atoms with Gasteiger partial charge in [-0.3, -0.25) is 0 Å². The van der Waals surface area contributed by atoms with Crippen molar-refractivity contribution in [2.24, 2.45) is 5.73 Å². The lowest BCUT2D eigenvalue weighted by Crippen LogP contribution is -2.17. The van der Waals surface area contributed by atoms with E-state index < -0.39 is 0 Å². The molecule has 0 heterocycles. The molecule has 0 aliphatic heterocycles. The van der Waals surface area contributed by atoms with Gasteiger partial charge in [-0.05, 0) is 19.1 Å². The quantitative estimate of drug-likeness (QED) is 0.720. The number of thiocarbonyl (C=S) groups is 1. The van der Waals surface area contributed by atoms with E-state index in [1.807, 2.05) is 31.2 Å². The second-order valence-corrected chi connectivity index (χ2v) is 3.09. The molecule has 1 rings (SSSR count). The number of aryl methyl sites for hydroxylation is 1. The summed E-state index contributed by atoms with van der Waals surface area (Å²) in [4.78, 5) is 0.371. The Morgan fingerprint density at radius 1 is 1.42 bits per heavy atom. The van der Waals surface area contributed by atoms with Crippen LogP contribution in [0.3, 0.4) is 0 Å². The van der Waals surface area contributed by atoms with Gasteiger partial charge in [0.05, 0.1) is 0 Å². The van der Waals surface area contributed by atoms with Gasteiger partial charge >= 0.3 is 0 Å². The van der Waals surface area contributed by atoms with Crippen molar-refractivity contribution >= 4 is 17.2 Å². The third-order valence-electron chi connectivity index (χ3n) is 1.40. The summed E-state index contributed by atoms with van der Waals surface area (Å²) in [5.74, 6) is 0.799. The van der Waals surface area contributed by atoms with Gasteiger partial charge in [-0.25, -0.2) is 0 Å². The van der Waals surface area contributed by atoms with Crippen LogP contribution in [0, 0.1) is 6.92 Å². The zero-order chi connectivity index (χ0) is 8.97. The maximum atomic E-state index is 5.28. The predicted molar refractivity (Wildman–Crippen MR) is 53.5 cm³/mol. The number of hydrogen-bond donors (Lipinski definition) is 1. The van der Waals surface area contributed by atoms with Gasteiger partial charge < -0.3 is 10.5 Å². The molecule has 0 saturated carbocycles. The standard InChI is InChI=1S/C9H11NOS/c1-7-2-4-8(5-3-7)11-6-9(10)12/h2-5H,6H2,1H3,(H2,10,12). The molecule has 0 fully saturated rings. The van der Waals surface area contributed by atoms with Crippen molar-refractivity contribution in [1.82, 2.24) is 0 Å². The average Bonchev–Trinajstić information content (AvgIpc) is 2.03. The SMILES string of the molecule is Cc1ccc(OCC(N)=S)cc1. The van der Waals surface area contributed by atoms with Crippen molar-refractivity contribution in [3.63, 3.8) is 0 Å². The number of rotatable bonds is 3. The van der Waals surface area contributed by atoms with Gasteiger partial charge in [0, 0.05) is 0 Å². The van der Waals surface area contributed by atoms with Gasteiger partial charge in [-0.2, -0.15) is 0 Å². The highest BCUT2D eigenvalue weighted by Crippen LogP contribution is 2.10. The second-order valence-electron chi connectivity index (χ2n) is 2.57. The van der Waals surface area contributed by atoms with E-state index in [1.54, 1.807) is 0 Å².